The lowest BCUT2D eigenvalue weighted by atomic mass is 10.1. The van der Waals surface area contributed by atoms with Gasteiger partial charge in [-0.3, -0.25) is 0 Å². The van der Waals surface area contributed by atoms with Crippen molar-refractivity contribution in [3.05, 3.63) is 34.3 Å². The Bertz CT molecular complexity index is 292. The molecular weight excluding hydrogens is 172 g/mol. The third kappa shape index (κ3) is 1.35. The van der Waals surface area contributed by atoms with Crippen molar-refractivity contribution in [2.45, 2.75) is 25.4 Å². The van der Waals surface area contributed by atoms with E-state index in [-0.39, 0.29) is 6.61 Å². The molecule has 1 aromatic carbocycles. The van der Waals surface area contributed by atoms with E-state index in [0.717, 1.165) is 10.6 Å². The third-order valence-corrected chi connectivity index (χ3v) is 2.76. The highest BCUT2D eigenvalue weighted by atomic mass is 35.5. The number of aliphatic hydroxyl groups excluding tert-OH is 1. The molecule has 2 rings (SSSR count). The SMILES string of the molecule is OCc1cccc(C2CC2)c1Cl. The van der Waals surface area contributed by atoms with E-state index in [1.165, 1.54) is 18.4 Å². The van der Waals surface area contributed by atoms with E-state index in [1.807, 2.05) is 12.1 Å². The van der Waals surface area contributed by atoms with Crippen LogP contribution in [0.2, 0.25) is 5.02 Å². The van der Waals surface area contributed by atoms with E-state index < -0.39 is 0 Å². The van der Waals surface area contributed by atoms with E-state index in [0.29, 0.717) is 5.92 Å². The van der Waals surface area contributed by atoms with Crippen LogP contribution in [0.3, 0.4) is 0 Å². The van der Waals surface area contributed by atoms with Gasteiger partial charge in [-0.1, -0.05) is 29.8 Å². The molecule has 1 nitrogen and oxygen atoms in total. The summed E-state index contributed by atoms with van der Waals surface area (Å²) in [7, 11) is 0. The van der Waals surface area contributed by atoms with Crippen molar-refractivity contribution in [1.82, 2.24) is 0 Å². The summed E-state index contributed by atoms with van der Waals surface area (Å²) in [5.41, 5.74) is 2.06. The molecule has 0 aliphatic heterocycles. The van der Waals surface area contributed by atoms with Gasteiger partial charge in [-0.05, 0) is 29.9 Å². The minimum absolute atomic E-state index is 0.0411. The van der Waals surface area contributed by atoms with Gasteiger partial charge in [-0.25, -0.2) is 0 Å². The van der Waals surface area contributed by atoms with Gasteiger partial charge in [0.15, 0.2) is 0 Å². The summed E-state index contributed by atoms with van der Waals surface area (Å²) in [6, 6.07) is 5.89. The molecule has 12 heavy (non-hydrogen) atoms. The fraction of sp³-hybridized carbons (Fsp3) is 0.400. The number of rotatable bonds is 2. The lowest BCUT2D eigenvalue weighted by Crippen LogP contribution is -1.89. The van der Waals surface area contributed by atoms with Crippen molar-refractivity contribution in [2.24, 2.45) is 0 Å². The molecule has 0 amide bonds. The van der Waals surface area contributed by atoms with E-state index in [2.05, 4.69) is 6.07 Å². The lowest BCUT2D eigenvalue weighted by Gasteiger charge is -2.05. The van der Waals surface area contributed by atoms with Crippen LogP contribution in [0, 0.1) is 0 Å². The van der Waals surface area contributed by atoms with Crippen LogP contribution in [-0.2, 0) is 6.61 Å². The van der Waals surface area contributed by atoms with Gasteiger partial charge in [0.1, 0.15) is 0 Å². The Hall–Kier alpha value is -0.530. The number of benzene rings is 1. The average molecular weight is 183 g/mol. The van der Waals surface area contributed by atoms with Gasteiger partial charge >= 0.3 is 0 Å². The summed E-state index contributed by atoms with van der Waals surface area (Å²) in [5, 5.41) is 9.73. The molecular formula is C10H11ClO. The first-order valence-corrected chi connectivity index (χ1v) is 4.59. The van der Waals surface area contributed by atoms with Gasteiger partial charge in [0.2, 0.25) is 0 Å². The quantitative estimate of drug-likeness (QED) is 0.746. The Kier molecular flexibility index (Phi) is 2.07. The monoisotopic (exact) mass is 182 g/mol. The standard InChI is InChI=1S/C10H11ClO/c11-10-8(6-12)2-1-3-9(10)7-4-5-7/h1-3,7,12H,4-6H2. The summed E-state index contributed by atoms with van der Waals surface area (Å²) in [6.07, 6.45) is 2.49. The molecule has 64 valence electrons. The Morgan fingerprint density at radius 1 is 1.42 bits per heavy atom. The van der Waals surface area contributed by atoms with Crippen molar-refractivity contribution in [2.75, 3.05) is 0 Å². The van der Waals surface area contributed by atoms with Crippen LogP contribution >= 0.6 is 11.6 Å². The summed E-state index contributed by atoms with van der Waals surface area (Å²) < 4.78 is 0. The van der Waals surface area contributed by atoms with Crippen LogP contribution < -0.4 is 0 Å². The van der Waals surface area contributed by atoms with Crippen molar-refractivity contribution >= 4 is 11.6 Å². The summed E-state index contributed by atoms with van der Waals surface area (Å²) in [4.78, 5) is 0. The van der Waals surface area contributed by atoms with Crippen LogP contribution in [0.15, 0.2) is 18.2 Å². The Morgan fingerprint density at radius 3 is 2.75 bits per heavy atom. The second-order valence-electron chi connectivity index (χ2n) is 3.25. The highest BCUT2D eigenvalue weighted by Gasteiger charge is 2.26. The Morgan fingerprint density at radius 2 is 2.17 bits per heavy atom. The molecule has 0 radical (unpaired) electrons. The minimum atomic E-state index is 0.0411. The van der Waals surface area contributed by atoms with Crippen molar-refractivity contribution in [3.63, 3.8) is 0 Å². The second-order valence-corrected chi connectivity index (χ2v) is 3.63. The zero-order chi connectivity index (χ0) is 8.55. The van der Waals surface area contributed by atoms with Crippen molar-refractivity contribution < 1.29 is 5.11 Å². The number of hydrogen-bond acceptors (Lipinski definition) is 1. The highest BCUT2D eigenvalue weighted by Crippen LogP contribution is 2.43. The fourth-order valence-electron chi connectivity index (χ4n) is 1.43. The van der Waals surface area contributed by atoms with Crippen molar-refractivity contribution in [1.29, 1.82) is 0 Å². The maximum absolute atomic E-state index is 8.96. The van der Waals surface area contributed by atoms with E-state index in [4.69, 9.17) is 16.7 Å². The van der Waals surface area contributed by atoms with Gasteiger partial charge in [0, 0.05) is 5.02 Å². The van der Waals surface area contributed by atoms with E-state index in [9.17, 15) is 0 Å². The van der Waals surface area contributed by atoms with Crippen LogP contribution in [0.4, 0.5) is 0 Å². The molecule has 0 spiro atoms. The Balaban J connectivity index is 2.40. The fourth-order valence-corrected chi connectivity index (χ4v) is 1.77. The lowest BCUT2D eigenvalue weighted by molar-refractivity contribution is 0.282. The first kappa shape index (κ1) is 8.09. The molecule has 1 saturated carbocycles. The van der Waals surface area contributed by atoms with Crippen molar-refractivity contribution in [3.8, 4) is 0 Å². The maximum Gasteiger partial charge on any atom is 0.0696 e. The van der Waals surface area contributed by atoms with Gasteiger partial charge in [-0.15, -0.1) is 0 Å². The first-order chi connectivity index (χ1) is 5.83. The summed E-state index contributed by atoms with van der Waals surface area (Å²) in [6.45, 7) is 0.0411. The highest BCUT2D eigenvalue weighted by molar-refractivity contribution is 6.32. The number of aliphatic hydroxyl groups is 1. The molecule has 1 aliphatic carbocycles. The largest absolute Gasteiger partial charge is 0.392 e. The third-order valence-electron chi connectivity index (χ3n) is 2.30. The molecule has 0 heterocycles. The zero-order valence-corrected chi connectivity index (χ0v) is 7.51. The van der Waals surface area contributed by atoms with Gasteiger partial charge in [-0.2, -0.15) is 0 Å². The minimum Gasteiger partial charge on any atom is -0.392 e. The van der Waals surface area contributed by atoms with Crippen LogP contribution in [0.25, 0.3) is 0 Å². The van der Waals surface area contributed by atoms with Gasteiger partial charge < -0.3 is 5.11 Å². The molecule has 1 aromatic rings. The molecule has 1 N–H and O–H groups in total. The van der Waals surface area contributed by atoms with Gasteiger partial charge in [0.05, 0.1) is 6.61 Å². The molecule has 0 atom stereocenters. The van der Waals surface area contributed by atoms with E-state index in [1.54, 1.807) is 0 Å². The Labute approximate surface area is 77.0 Å². The summed E-state index contributed by atoms with van der Waals surface area (Å²) in [5.74, 6) is 0.656. The van der Waals surface area contributed by atoms with Crippen LogP contribution in [0.5, 0.6) is 0 Å². The maximum atomic E-state index is 8.96. The smallest absolute Gasteiger partial charge is 0.0696 e. The molecule has 0 bridgehead atoms. The van der Waals surface area contributed by atoms with Crippen LogP contribution in [0.1, 0.15) is 29.9 Å². The second kappa shape index (κ2) is 3.08. The molecule has 0 saturated heterocycles. The zero-order valence-electron chi connectivity index (χ0n) is 6.76. The predicted octanol–water partition coefficient (Wildman–Crippen LogP) is 2.71. The molecule has 2 heteroatoms. The van der Waals surface area contributed by atoms with Gasteiger partial charge in [0.25, 0.3) is 0 Å². The van der Waals surface area contributed by atoms with E-state index >= 15 is 0 Å². The topological polar surface area (TPSA) is 20.2 Å². The normalized spacial score (nSPS) is 16.5. The number of halogens is 1. The average Bonchev–Trinajstić information content (AvgIpc) is 2.88. The first-order valence-electron chi connectivity index (χ1n) is 4.21. The summed E-state index contributed by atoms with van der Waals surface area (Å²) >= 11 is 6.08. The predicted molar refractivity (Wildman–Crippen MR) is 49.3 cm³/mol. The van der Waals surface area contributed by atoms with Crippen LogP contribution in [-0.4, -0.2) is 5.11 Å². The molecule has 0 aromatic heterocycles. The molecule has 0 unspecified atom stereocenters. The molecule has 1 fully saturated rings. The number of hydrogen-bond donors (Lipinski definition) is 1. The molecule has 1 aliphatic rings.